The lowest BCUT2D eigenvalue weighted by Gasteiger charge is -2.37. The third kappa shape index (κ3) is 3.21. The van der Waals surface area contributed by atoms with Crippen molar-refractivity contribution in [3.05, 3.63) is 18.2 Å². The number of anilines is 1. The second-order valence-electron chi connectivity index (χ2n) is 5.91. The van der Waals surface area contributed by atoms with Crippen molar-refractivity contribution in [2.75, 3.05) is 11.5 Å². The standard InChI is InChI=1S/C15H24N2OS2/c1-5-6-10-18-12-9-7-8-11-13(12)19-14(20-16)17(11)15(2,3)4/h7-9,14H,5-6,10,16H2,1-4H3. The first kappa shape index (κ1) is 15.9. The Bertz CT molecular complexity index is 460. The summed E-state index contributed by atoms with van der Waals surface area (Å²) in [5.41, 5.74) is 1.27. The van der Waals surface area contributed by atoms with Gasteiger partial charge in [-0.1, -0.05) is 31.2 Å². The summed E-state index contributed by atoms with van der Waals surface area (Å²) in [6.45, 7) is 9.61. The molecule has 0 radical (unpaired) electrons. The molecule has 0 amide bonds. The van der Waals surface area contributed by atoms with Crippen molar-refractivity contribution in [2.45, 2.75) is 55.7 Å². The summed E-state index contributed by atoms with van der Waals surface area (Å²) in [5, 5.41) is 5.89. The van der Waals surface area contributed by atoms with Gasteiger partial charge in [0.1, 0.15) is 10.5 Å². The second-order valence-corrected chi connectivity index (χ2v) is 8.02. The van der Waals surface area contributed by atoms with Crippen molar-refractivity contribution in [1.29, 1.82) is 0 Å². The molecule has 0 spiro atoms. The average Bonchev–Trinajstić information content (AvgIpc) is 2.78. The van der Waals surface area contributed by atoms with E-state index in [0.717, 1.165) is 25.2 Å². The van der Waals surface area contributed by atoms with Gasteiger partial charge in [-0.15, -0.1) is 0 Å². The maximum Gasteiger partial charge on any atom is 0.141 e. The monoisotopic (exact) mass is 312 g/mol. The lowest BCUT2D eigenvalue weighted by atomic mass is 10.1. The number of unbranched alkanes of at least 4 members (excludes halogenated alkanes) is 1. The quantitative estimate of drug-likeness (QED) is 0.641. The van der Waals surface area contributed by atoms with E-state index >= 15 is 0 Å². The van der Waals surface area contributed by atoms with Gasteiger partial charge in [0.05, 0.1) is 17.2 Å². The Hall–Kier alpha value is -0.520. The number of fused-ring (bicyclic) bond motifs is 1. The molecule has 0 saturated carbocycles. The second kappa shape index (κ2) is 6.50. The van der Waals surface area contributed by atoms with E-state index in [-0.39, 0.29) is 10.2 Å². The van der Waals surface area contributed by atoms with Gasteiger partial charge in [-0.3, -0.25) is 5.14 Å². The molecule has 0 bridgehead atoms. The highest BCUT2D eigenvalue weighted by Crippen LogP contribution is 2.53. The van der Waals surface area contributed by atoms with Crippen LogP contribution in [0.15, 0.2) is 23.1 Å². The summed E-state index contributed by atoms with van der Waals surface area (Å²) in [5.74, 6) is 0.992. The molecule has 0 saturated heterocycles. The molecular weight excluding hydrogens is 288 g/mol. The van der Waals surface area contributed by atoms with Gasteiger partial charge in [0, 0.05) is 5.54 Å². The Morgan fingerprint density at radius 3 is 2.75 bits per heavy atom. The zero-order valence-corrected chi connectivity index (χ0v) is 14.3. The fourth-order valence-electron chi connectivity index (χ4n) is 2.29. The van der Waals surface area contributed by atoms with Gasteiger partial charge in [0.2, 0.25) is 0 Å². The van der Waals surface area contributed by atoms with Gasteiger partial charge in [0.15, 0.2) is 0 Å². The first-order valence-electron chi connectivity index (χ1n) is 7.06. The first-order valence-corrected chi connectivity index (χ1v) is 8.88. The molecule has 0 aromatic heterocycles. The fourth-order valence-corrected chi connectivity index (χ4v) is 4.62. The van der Waals surface area contributed by atoms with Crippen molar-refractivity contribution in [3.8, 4) is 5.75 Å². The number of rotatable bonds is 5. The van der Waals surface area contributed by atoms with Gasteiger partial charge < -0.3 is 9.64 Å². The highest BCUT2D eigenvalue weighted by atomic mass is 32.2. The first-order chi connectivity index (χ1) is 9.49. The van der Waals surface area contributed by atoms with Crippen molar-refractivity contribution in [3.63, 3.8) is 0 Å². The van der Waals surface area contributed by atoms with Gasteiger partial charge in [0.25, 0.3) is 0 Å². The smallest absolute Gasteiger partial charge is 0.141 e. The highest BCUT2D eigenvalue weighted by molar-refractivity contribution is 8.16. The van der Waals surface area contributed by atoms with Crippen LogP contribution in [0.25, 0.3) is 0 Å². The molecule has 1 unspecified atom stereocenters. The summed E-state index contributed by atoms with van der Waals surface area (Å²) in [7, 11) is 0. The van der Waals surface area contributed by atoms with Crippen LogP contribution in [-0.2, 0) is 0 Å². The molecule has 112 valence electrons. The molecule has 0 aliphatic carbocycles. The minimum Gasteiger partial charge on any atom is -0.492 e. The summed E-state index contributed by atoms with van der Waals surface area (Å²) in [6.07, 6.45) is 2.24. The zero-order valence-electron chi connectivity index (χ0n) is 12.7. The molecule has 1 aliphatic rings. The summed E-state index contributed by atoms with van der Waals surface area (Å²) in [6, 6.07) is 6.30. The fraction of sp³-hybridized carbons (Fsp3) is 0.600. The van der Waals surface area contributed by atoms with Crippen LogP contribution in [0.5, 0.6) is 5.75 Å². The summed E-state index contributed by atoms with van der Waals surface area (Å²) < 4.78 is 6.15. The minimum absolute atomic E-state index is 0.0390. The third-order valence-electron chi connectivity index (χ3n) is 3.24. The van der Waals surface area contributed by atoms with Crippen LogP contribution in [0.1, 0.15) is 40.5 Å². The molecule has 1 aliphatic heterocycles. The molecule has 3 nitrogen and oxygen atoms in total. The molecule has 1 heterocycles. The molecule has 20 heavy (non-hydrogen) atoms. The van der Waals surface area contributed by atoms with Gasteiger partial charge in [-0.05, 0) is 51.3 Å². The Kier molecular flexibility index (Phi) is 5.15. The molecule has 0 fully saturated rings. The molecular formula is C15H24N2OS2. The van der Waals surface area contributed by atoms with Crippen LogP contribution in [0.4, 0.5) is 5.69 Å². The van der Waals surface area contributed by atoms with Crippen molar-refractivity contribution in [2.24, 2.45) is 5.14 Å². The minimum atomic E-state index is 0.0390. The van der Waals surface area contributed by atoms with Crippen molar-refractivity contribution >= 4 is 29.4 Å². The molecule has 5 heteroatoms. The van der Waals surface area contributed by atoms with E-state index in [1.807, 2.05) is 0 Å². The molecule has 1 aromatic carbocycles. The zero-order chi connectivity index (χ0) is 14.8. The van der Waals surface area contributed by atoms with Crippen LogP contribution in [0, 0.1) is 0 Å². The number of nitrogens with two attached hydrogens (primary N) is 1. The van der Waals surface area contributed by atoms with Crippen LogP contribution < -0.4 is 14.8 Å². The lowest BCUT2D eigenvalue weighted by Crippen LogP contribution is -2.44. The number of nitrogens with zero attached hydrogens (tertiary/aromatic N) is 1. The van der Waals surface area contributed by atoms with E-state index in [9.17, 15) is 0 Å². The van der Waals surface area contributed by atoms with E-state index in [1.54, 1.807) is 11.8 Å². The van der Waals surface area contributed by atoms with E-state index in [1.165, 1.54) is 22.5 Å². The Morgan fingerprint density at radius 1 is 1.40 bits per heavy atom. The summed E-state index contributed by atoms with van der Waals surface area (Å²) in [4.78, 5) is 3.60. The van der Waals surface area contributed by atoms with Gasteiger partial charge in [-0.25, -0.2) is 0 Å². The normalized spacial score (nSPS) is 18.2. The molecule has 1 atom stereocenters. The van der Waals surface area contributed by atoms with Gasteiger partial charge >= 0.3 is 0 Å². The number of hydrogen-bond acceptors (Lipinski definition) is 5. The molecule has 2 N–H and O–H groups in total. The highest BCUT2D eigenvalue weighted by Gasteiger charge is 2.38. The van der Waals surface area contributed by atoms with E-state index in [2.05, 4.69) is 50.8 Å². The largest absolute Gasteiger partial charge is 0.492 e. The predicted molar refractivity (Wildman–Crippen MR) is 90.5 cm³/mol. The SMILES string of the molecule is CCCCOc1cccc2c1SC(SN)N2C(C)(C)C. The topological polar surface area (TPSA) is 38.5 Å². The number of benzene rings is 1. The van der Waals surface area contributed by atoms with E-state index in [0.29, 0.717) is 0 Å². The van der Waals surface area contributed by atoms with Crippen LogP contribution in [-0.4, -0.2) is 16.9 Å². The van der Waals surface area contributed by atoms with Crippen LogP contribution in [0.2, 0.25) is 0 Å². The Labute approximate surface area is 130 Å². The van der Waals surface area contributed by atoms with Gasteiger partial charge in [-0.2, -0.15) is 0 Å². The van der Waals surface area contributed by atoms with Crippen molar-refractivity contribution < 1.29 is 4.74 Å². The molecule has 1 aromatic rings. The summed E-state index contributed by atoms with van der Waals surface area (Å²) >= 11 is 3.19. The van der Waals surface area contributed by atoms with E-state index in [4.69, 9.17) is 9.88 Å². The van der Waals surface area contributed by atoms with E-state index < -0.39 is 0 Å². The maximum atomic E-state index is 5.95. The Balaban J connectivity index is 2.30. The van der Waals surface area contributed by atoms with Crippen LogP contribution >= 0.6 is 23.7 Å². The lowest BCUT2D eigenvalue weighted by molar-refractivity contribution is 0.303. The number of hydrogen-bond donors (Lipinski definition) is 1. The van der Waals surface area contributed by atoms with Crippen molar-refractivity contribution in [1.82, 2.24) is 0 Å². The number of ether oxygens (including phenoxy) is 1. The average molecular weight is 313 g/mol. The maximum absolute atomic E-state index is 5.95. The molecule has 2 rings (SSSR count). The van der Waals surface area contributed by atoms with Crippen LogP contribution in [0.3, 0.4) is 0 Å². The third-order valence-corrected chi connectivity index (χ3v) is 5.37. The number of thioether (sulfide) groups is 1. The Morgan fingerprint density at radius 2 is 2.15 bits per heavy atom. The predicted octanol–water partition coefficient (Wildman–Crippen LogP) is 4.47.